The van der Waals surface area contributed by atoms with Crippen molar-refractivity contribution in [3.05, 3.63) is 29.8 Å². The number of hydrogen-bond acceptors (Lipinski definition) is 2. The second-order valence-corrected chi connectivity index (χ2v) is 2.54. The lowest BCUT2D eigenvalue weighted by Gasteiger charge is -1.99. The van der Waals surface area contributed by atoms with Crippen LogP contribution < -0.4 is 5.32 Å². The predicted molar refractivity (Wildman–Crippen MR) is 49.4 cm³/mol. The summed E-state index contributed by atoms with van der Waals surface area (Å²) in [5.74, 6) is 5.32. The molecule has 0 saturated carbocycles. The van der Waals surface area contributed by atoms with Gasteiger partial charge >= 0.3 is 0 Å². The zero-order chi connectivity index (χ0) is 9.52. The molecule has 0 aliphatic heterocycles. The maximum absolute atomic E-state index is 12.6. The molecule has 0 aliphatic carbocycles. The van der Waals surface area contributed by atoms with Gasteiger partial charge in [-0.05, 0) is 18.6 Å². The summed E-state index contributed by atoms with van der Waals surface area (Å²) in [6.45, 7) is 3.00. The van der Waals surface area contributed by atoms with Crippen LogP contribution in [0, 0.1) is 17.7 Å². The summed E-state index contributed by atoms with van der Waals surface area (Å²) in [4.78, 5) is 3.73. The van der Waals surface area contributed by atoms with Crippen molar-refractivity contribution in [3.63, 3.8) is 0 Å². The van der Waals surface area contributed by atoms with Gasteiger partial charge in [-0.1, -0.05) is 5.92 Å². The Bertz CT molecular complexity index is 325. The van der Waals surface area contributed by atoms with E-state index in [0.717, 1.165) is 5.56 Å². The molecule has 0 fully saturated rings. The molecule has 0 aliphatic rings. The second-order valence-electron chi connectivity index (χ2n) is 2.54. The SMILES string of the molecule is CC#CCNCc1cncc(F)c1. The van der Waals surface area contributed by atoms with Gasteiger partial charge in [0.2, 0.25) is 0 Å². The first-order valence-corrected chi connectivity index (χ1v) is 4.02. The second kappa shape index (κ2) is 5.28. The minimum atomic E-state index is -0.305. The Morgan fingerprint density at radius 2 is 2.38 bits per heavy atom. The molecular weight excluding hydrogens is 167 g/mol. The van der Waals surface area contributed by atoms with Gasteiger partial charge < -0.3 is 5.32 Å². The van der Waals surface area contributed by atoms with Crippen molar-refractivity contribution >= 4 is 0 Å². The topological polar surface area (TPSA) is 24.9 Å². The van der Waals surface area contributed by atoms with E-state index in [0.29, 0.717) is 13.1 Å². The van der Waals surface area contributed by atoms with Crippen LogP contribution in [0.3, 0.4) is 0 Å². The fraction of sp³-hybridized carbons (Fsp3) is 0.300. The van der Waals surface area contributed by atoms with E-state index in [4.69, 9.17) is 0 Å². The molecule has 1 rings (SSSR count). The van der Waals surface area contributed by atoms with Crippen molar-refractivity contribution in [1.29, 1.82) is 0 Å². The van der Waals surface area contributed by atoms with E-state index >= 15 is 0 Å². The van der Waals surface area contributed by atoms with E-state index in [1.807, 2.05) is 0 Å². The molecule has 1 aromatic heterocycles. The van der Waals surface area contributed by atoms with E-state index in [2.05, 4.69) is 22.1 Å². The first-order valence-electron chi connectivity index (χ1n) is 4.02. The van der Waals surface area contributed by atoms with Gasteiger partial charge in [-0.15, -0.1) is 5.92 Å². The monoisotopic (exact) mass is 178 g/mol. The molecule has 13 heavy (non-hydrogen) atoms. The van der Waals surface area contributed by atoms with Crippen molar-refractivity contribution in [2.24, 2.45) is 0 Å². The zero-order valence-electron chi connectivity index (χ0n) is 7.47. The highest BCUT2D eigenvalue weighted by atomic mass is 19.1. The minimum Gasteiger partial charge on any atom is -0.302 e. The standard InChI is InChI=1S/C10H11FN2/c1-2-3-4-12-6-9-5-10(11)8-13-7-9/h5,7-8,12H,4,6H2,1H3. The molecule has 0 unspecified atom stereocenters. The van der Waals surface area contributed by atoms with Crippen LogP contribution in [0.2, 0.25) is 0 Å². The molecular formula is C10H11FN2. The van der Waals surface area contributed by atoms with Crippen LogP contribution >= 0.6 is 0 Å². The van der Waals surface area contributed by atoms with Crippen LogP contribution in [0.5, 0.6) is 0 Å². The van der Waals surface area contributed by atoms with Gasteiger partial charge in [0.1, 0.15) is 5.82 Å². The molecule has 0 bridgehead atoms. The Morgan fingerprint density at radius 3 is 3.08 bits per heavy atom. The third kappa shape index (κ3) is 3.68. The Kier molecular flexibility index (Phi) is 3.94. The van der Waals surface area contributed by atoms with Crippen molar-refractivity contribution in [1.82, 2.24) is 10.3 Å². The van der Waals surface area contributed by atoms with Gasteiger partial charge in [0, 0.05) is 12.7 Å². The predicted octanol–water partition coefficient (Wildman–Crippen LogP) is 1.33. The van der Waals surface area contributed by atoms with E-state index in [9.17, 15) is 4.39 Å². The van der Waals surface area contributed by atoms with Gasteiger partial charge in [0.15, 0.2) is 0 Å². The summed E-state index contributed by atoms with van der Waals surface area (Å²) in [5, 5.41) is 3.05. The number of aromatic nitrogens is 1. The third-order valence-electron chi connectivity index (χ3n) is 1.48. The van der Waals surface area contributed by atoms with Crippen LogP contribution in [0.15, 0.2) is 18.5 Å². The maximum atomic E-state index is 12.6. The number of nitrogens with one attached hydrogen (secondary N) is 1. The van der Waals surface area contributed by atoms with Crippen molar-refractivity contribution < 1.29 is 4.39 Å². The minimum absolute atomic E-state index is 0.305. The molecule has 0 spiro atoms. The van der Waals surface area contributed by atoms with E-state index in [1.165, 1.54) is 12.3 Å². The molecule has 2 nitrogen and oxygen atoms in total. The quantitative estimate of drug-likeness (QED) is 0.558. The summed E-state index contributed by atoms with van der Waals surface area (Å²) >= 11 is 0. The Morgan fingerprint density at radius 1 is 1.54 bits per heavy atom. The molecule has 3 heteroatoms. The largest absolute Gasteiger partial charge is 0.302 e. The van der Waals surface area contributed by atoms with Gasteiger partial charge in [0.25, 0.3) is 0 Å². The first kappa shape index (κ1) is 9.69. The molecule has 1 heterocycles. The number of halogens is 1. The molecule has 68 valence electrons. The summed E-state index contributed by atoms with van der Waals surface area (Å²) < 4.78 is 12.6. The fourth-order valence-electron chi connectivity index (χ4n) is 0.910. The summed E-state index contributed by atoms with van der Waals surface area (Å²) in [5.41, 5.74) is 0.831. The van der Waals surface area contributed by atoms with Gasteiger partial charge in [-0.25, -0.2) is 4.39 Å². The zero-order valence-corrected chi connectivity index (χ0v) is 7.47. The number of nitrogens with zero attached hydrogens (tertiary/aromatic N) is 1. The lowest BCUT2D eigenvalue weighted by atomic mass is 10.3. The highest BCUT2D eigenvalue weighted by Gasteiger charge is 1.93. The summed E-state index contributed by atoms with van der Waals surface area (Å²) in [6, 6.07) is 1.46. The Hall–Kier alpha value is -1.40. The van der Waals surface area contributed by atoms with Crippen LogP contribution in [0.4, 0.5) is 4.39 Å². The van der Waals surface area contributed by atoms with Gasteiger partial charge in [-0.2, -0.15) is 0 Å². The van der Waals surface area contributed by atoms with Crippen LogP contribution in [0.25, 0.3) is 0 Å². The molecule has 0 amide bonds. The van der Waals surface area contributed by atoms with Crippen LogP contribution in [-0.4, -0.2) is 11.5 Å². The lowest BCUT2D eigenvalue weighted by Crippen LogP contribution is -2.13. The van der Waals surface area contributed by atoms with E-state index in [-0.39, 0.29) is 5.82 Å². The highest BCUT2D eigenvalue weighted by molar-refractivity contribution is 5.10. The Balaban J connectivity index is 2.39. The Labute approximate surface area is 77.2 Å². The van der Waals surface area contributed by atoms with Crippen LogP contribution in [-0.2, 0) is 6.54 Å². The van der Waals surface area contributed by atoms with Gasteiger partial charge in [-0.3, -0.25) is 4.98 Å². The number of rotatable bonds is 3. The maximum Gasteiger partial charge on any atom is 0.141 e. The van der Waals surface area contributed by atoms with Crippen molar-refractivity contribution in [2.45, 2.75) is 13.5 Å². The number of hydrogen-bond donors (Lipinski definition) is 1. The normalized spacial score (nSPS) is 9.08. The third-order valence-corrected chi connectivity index (χ3v) is 1.48. The average Bonchev–Trinajstić information content (AvgIpc) is 2.13. The van der Waals surface area contributed by atoms with E-state index < -0.39 is 0 Å². The van der Waals surface area contributed by atoms with Crippen molar-refractivity contribution in [3.8, 4) is 11.8 Å². The fourth-order valence-corrected chi connectivity index (χ4v) is 0.910. The molecule has 0 radical (unpaired) electrons. The highest BCUT2D eigenvalue weighted by Crippen LogP contribution is 1.99. The smallest absolute Gasteiger partial charge is 0.141 e. The molecule has 1 N–H and O–H groups in total. The molecule has 1 aromatic rings. The average molecular weight is 178 g/mol. The molecule has 0 saturated heterocycles. The first-order chi connectivity index (χ1) is 6.33. The van der Waals surface area contributed by atoms with Gasteiger partial charge in [0.05, 0.1) is 12.7 Å². The van der Waals surface area contributed by atoms with Crippen molar-refractivity contribution in [2.75, 3.05) is 6.54 Å². The molecule has 0 atom stereocenters. The van der Waals surface area contributed by atoms with E-state index in [1.54, 1.807) is 13.1 Å². The summed E-state index contributed by atoms with van der Waals surface area (Å²) in [7, 11) is 0. The lowest BCUT2D eigenvalue weighted by molar-refractivity contribution is 0.615. The molecule has 0 aromatic carbocycles. The van der Waals surface area contributed by atoms with Crippen LogP contribution in [0.1, 0.15) is 12.5 Å². The number of pyridine rings is 1. The summed E-state index contributed by atoms with van der Waals surface area (Å²) in [6.07, 6.45) is 2.82.